The minimum Gasteiger partial charge on any atom is -0.356 e. The Balaban J connectivity index is 1.95. The van der Waals surface area contributed by atoms with Crippen molar-refractivity contribution in [3.63, 3.8) is 0 Å². The van der Waals surface area contributed by atoms with Crippen LogP contribution in [0.3, 0.4) is 0 Å². The molecule has 6 heteroatoms. The van der Waals surface area contributed by atoms with E-state index in [0.29, 0.717) is 28.5 Å². The second kappa shape index (κ2) is 4.62. The first kappa shape index (κ1) is 12.9. The Labute approximate surface area is 124 Å². The summed E-state index contributed by atoms with van der Waals surface area (Å²) in [6.07, 6.45) is 0.661. The number of benzene rings is 2. The summed E-state index contributed by atoms with van der Waals surface area (Å²) in [4.78, 5) is 23.3. The third-order valence-electron chi connectivity index (χ3n) is 4.01. The van der Waals surface area contributed by atoms with E-state index in [1.807, 2.05) is 0 Å². The molecule has 0 unspecified atom stereocenters. The predicted octanol–water partition coefficient (Wildman–Crippen LogP) is 2.64. The van der Waals surface area contributed by atoms with E-state index < -0.39 is 5.92 Å². The summed E-state index contributed by atoms with van der Waals surface area (Å²) in [5, 5.41) is 8.54. The molecule has 2 heterocycles. The Kier molecular flexibility index (Phi) is 2.72. The zero-order valence-corrected chi connectivity index (χ0v) is 11.4. The highest BCUT2D eigenvalue weighted by molar-refractivity contribution is 6.09. The first-order chi connectivity index (χ1) is 10.6. The molecule has 22 heavy (non-hydrogen) atoms. The molecule has 0 aliphatic carbocycles. The lowest BCUT2D eigenvalue weighted by Gasteiger charge is -2.19. The summed E-state index contributed by atoms with van der Waals surface area (Å²) < 4.78 is 18.7. The van der Waals surface area contributed by atoms with Crippen molar-refractivity contribution in [1.29, 1.82) is 0 Å². The number of fused-ring (bicyclic) bond motifs is 3. The number of hydrogen-bond acceptors (Lipinski definition) is 4. The van der Waals surface area contributed by atoms with Gasteiger partial charge in [-0.2, -0.15) is 0 Å². The third kappa shape index (κ3) is 1.88. The molecule has 1 atom stereocenters. The number of halogens is 1. The highest BCUT2D eigenvalue weighted by atomic mass is 19.1. The highest BCUT2D eigenvalue weighted by Crippen LogP contribution is 2.35. The Bertz CT molecular complexity index is 932. The lowest BCUT2D eigenvalue weighted by atomic mass is 9.91. The number of rotatable bonds is 1. The van der Waals surface area contributed by atoms with Crippen LogP contribution in [-0.4, -0.2) is 17.0 Å². The fraction of sp³-hybridized carbons (Fsp3) is 0.188. The van der Waals surface area contributed by atoms with E-state index in [4.69, 9.17) is 4.52 Å². The molecule has 0 spiro atoms. The summed E-state index contributed by atoms with van der Waals surface area (Å²) in [6, 6.07) is 7.90. The molecule has 1 aliphatic rings. The average Bonchev–Trinajstić information content (AvgIpc) is 2.91. The third-order valence-corrected chi connectivity index (χ3v) is 4.01. The lowest BCUT2D eigenvalue weighted by molar-refractivity contribution is -0.134. The van der Waals surface area contributed by atoms with Crippen molar-refractivity contribution in [2.45, 2.75) is 18.8 Å². The lowest BCUT2D eigenvalue weighted by Crippen LogP contribution is -2.39. The van der Waals surface area contributed by atoms with Crippen molar-refractivity contribution in [3.8, 4) is 0 Å². The van der Waals surface area contributed by atoms with E-state index in [0.717, 1.165) is 5.39 Å². The maximum Gasteiger partial charge on any atom is 0.235 e. The molecule has 2 amide bonds. The average molecular weight is 298 g/mol. The van der Waals surface area contributed by atoms with E-state index in [9.17, 15) is 14.0 Å². The van der Waals surface area contributed by atoms with Crippen LogP contribution in [0.25, 0.3) is 21.7 Å². The number of hydrogen-bond donors (Lipinski definition) is 1. The highest BCUT2D eigenvalue weighted by Gasteiger charge is 2.32. The Morgan fingerprint density at radius 3 is 2.91 bits per heavy atom. The number of piperidine rings is 1. The molecule has 0 radical (unpaired) electrons. The number of imide groups is 1. The first-order valence-corrected chi connectivity index (χ1v) is 6.95. The number of carbonyl (C=O) groups is 2. The van der Waals surface area contributed by atoms with Gasteiger partial charge < -0.3 is 4.52 Å². The fourth-order valence-corrected chi connectivity index (χ4v) is 2.96. The zero-order valence-electron chi connectivity index (χ0n) is 11.4. The molecule has 5 nitrogen and oxygen atoms in total. The van der Waals surface area contributed by atoms with Crippen LogP contribution in [0.5, 0.6) is 0 Å². The van der Waals surface area contributed by atoms with Crippen molar-refractivity contribution in [1.82, 2.24) is 10.5 Å². The summed E-state index contributed by atoms with van der Waals surface area (Å²) in [7, 11) is 0. The van der Waals surface area contributed by atoms with Gasteiger partial charge in [-0.05, 0) is 35.4 Å². The minimum absolute atomic E-state index is 0.268. The molecule has 1 saturated heterocycles. The van der Waals surface area contributed by atoms with Gasteiger partial charge in [0, 0.05) is 6.42 Å². The minimum atomic E-state index is -0.533. The number of carbonyl (C=O) groups excluding carboxylic acids is 2. The number of nitrogens with one attached hydrogen (secondary N) is 1. The smallest absolute Gasteiger partial charge is 0.235 e. The Hall–Kier alpha value is -2.76. The second-order valence-electron chi connectivity index (χ2n) is 5.38. The van der Waals surface area contributed by atoms with Gasteiger partial charge in [-0.3, -0.25) is 14.9 Å². The summed E-state index contributed by atoms with van der Waals surface area (Å²) in [5.74, 6) is -1.51. The van der Waals surface area contributed by atoms with Gasteiger partial charge >= 0.3 is 0 Å². The van der Waals surface area contributed by atoms with Crippen molar-refractivity contribution in [2.24, 2.45) is 0 Å². The topological polar surface area (TPSA) is 72.2 Å². The van der Waals surface area contributed by atoms with Crippen molar-refractivity contribution in [2.75, 3.05) is 0 Å². The second-order valence-corrected chi connectivity index (χ2v) is 5.38. The largest absolute Gasteiger partial charge is 0.356 e. The zero-order chi connectivity index (χ0) is 15.3. The summed E-state index contributed by atoms with van der Waals surface area (Å²) in [5.41, 5.74) is 1.04. The van der Waals surface area contributed by atoms with Gasteiger partial charge in [0.15, 0.2) is 5.58 Å². The van der Waals surface area contributed by atoms with Crippen molar-refractivity contribution >= 4 is 33.6 Å². The molecule has 4 rings (SSSR count). The van der Waals surface area contributed by atoms with Crippen LogP contribution in [0.15, 0.2) is 34.9 Å². The van der Waals surface area contributed by atoms with Gasteiger partial charge in [0.05, 0.1) is 11.3 Å². The Morgan fingerprint density at radius 2 is 2.09 bits per heavy atom. The van der Waals surface area contributed by atoms with Crippen LogP contribution in [0.4, 0.5) is 4.39 Å². The van der Waals surface area contributed by atoms with Gasteiger partial charge in [-0.1, -0.05) is 17.3 Å². The fourth-order valence-electron chi connectivity index (χ4n) is 2.96. The molecule has 1 fully saturated rings. The molecule has 1 aliphatic heterocycles. The van der Waals surface area contributed by atoms with Crippen molar-refractivity contribution < 1.29 is 18.5 Å². The molecule has 2 aromatic carbocycles. The monoisotopic (exact) mass is 298 g/mol. The molecule has 3 aromatic rings. The van der Waals surface area contributed by atoms with Gasteiger partial charge in [-0.15, -0.1) is 0 Å². The molecule has 1 N–H and O–H groups in total. The van der Waals surface area contributed by atoms with Crippen LogP contribution < -0.4 is 5.32 Å². The normalized spacial score (nSPS) is 18.9. The van der Waals surface area contributed by atoms with Crippen LogP contribution in [0, 0.1) is 5.82 Å². The summed E-state index contributed by atoms with van der Waals surface area (Å²) in [6.45, 7) is 0. The molecule has 110 valence electrons. The van der Waals surface area contributed by atoms with Gasteiger partial charge in [0.2, 0.25) is 11.8 Å². The van der Waals surface area contributed by atoms with E-state index in [-0.39, 0.29) is 24.1 Å². The number of amides is 2. The summed E-state index contributed by atoms with van der Waals surface area (Å²) >= 11 is 0. The molecular weight excluding hydrogens is 287 g/mol. The van der Waals surface area contributed by atoms with Gasteiger partial charge in [0.25, 0.3) is 0 Å². The predicted molar refractivity (Wildman–Crippen MR) is 76.6 cm³/mol. The first-order valence-electron chi connectivity index (χ1n) is 6.95. The molecular formula is C16H11FN2O3. The molecule has 0 bridgehead atoms. The number of nitrogens with zero attached hydrogens (tertiary/aromatic N) is 1. The molecule has 1 aromatic heterocycles. The van der Waals surface area contributed by atoms with E-state index in [2.05, 4.69) is 10.5 Å². The van der Waals surface area contributed by atoms with Crippen LogP contribution in [-0.2, 0) is 9.59 Å². The standard InChI is InChI=1S/C16H11FN2O3/c17-9-2-3-10-8(7-9)1-5-12-14(10)15(19-22-12)11-4-6-13(20)18-16(11)21/h1-3,5,7,11H,4,6H2,(H,18,20,21)/t11-/m0/s1. The van der Waals surface area contributed by atoms with Crippen molar-refractivity contribution in [3.05, 3.63) is 41.8 Å². The van der Waals surface area contributed by atoms with Crippen LogP contribution >= 0.6 is 0 Å². The van der Waals surface area contributed by atoms with E-state index in [1.54, 1.807) is 18.2 Å². The van der Waals surface area contributed by atoms with Crippen LogP contribution in [0.1, 0.15) is 24.5 Å². The SMILES string of the molecule is O=C1CC[C@@H](c2noc3ccc4cc(F)ccc4c23)C(=O)N1. The maximum absolute atomic E-state index is 13.4. The quantitative estimate of drug-likeness (QED) is 0.701. The number of aromatic nitrogens is 1. The molecule has 0 saturated carbocycles. The van der Waals surface area contributed by atoms with Gasteiger partial charge in [-0.25, -0.2) is 4.39 Å². The van der Waals surface area contributed by atoms with Gasteiger partial charge in [0.1, 0.15) is 11.5 Å². The van der Waals surface area contributed by atoms with E-state index in [1.165, 1.54) is 12.1 Å². The van der Waals surface area contributed by atoms with E-state index >= 15 is 0 Å². The Morgan fingerprint density at radius 1 is 1.23 bits per heavy atom. The van der Waals surface area contributed by atoms with Crippen LogP contribution in [0.2, 0.25) is 0 Å². The maximum atomic E-state index is 13.4.